The van der Waals surface area contributed by atoms with Crippen LogP contribution in [-0.4, -0.2) is 30.4 Å². The zero-order valence-corrected chi connectivity index (χ0v) is 14.3. The summed E-state index contributed by atoms with van der Waals surface area (Å²) in [6, 6.07) is 14.9. The van der Waals surface area contributed by atoms with Crippen LogP contribution in [0.4, 0.5) is 16.2 Å². The van der Waals surface area contributed by atoms with Crippen LogP contribution in [0.2, 0.25) is 0 Å². The van der Waals surface area contributed by atoms with Gasteiger partial charge in [0.15, 0.2) is 0 Å². The Morgan fingerprint density at radius 3 is 2.50 bits per heavy atom. The molecule has 0 unspecified atom stereocenters. The zero-order chi connectivity index (χ0) is 17.5. The first-order chi connectivity index (χ1) is 11.5. The van der Waals surface area contributed by atoms with Crippen molar-refractivity contribution >= 4 is 23.3 Å². The van der Waals surface area contributed by atoms with E-state index in [1.54, 1.807) is 7.05 Å². The molecule has 2 rings (SSSR count). The van der Waals surface area contributed by atoms with Gasteiger partial charge in [0.2, 0.25) is 5.91 Å². The lowest BCUT2D eigenvalue weighted by atomic mass is 10.1. The highest BCUT2D eigenvalue weighted by Crippen LogP contribution is 2.15. The molecule has 0 fully saturated rings. The fraction of sp³-hybridized carbons (Fsp3) is 0.263. The Labute approximate surface area is 142 Å². The van der Waals surface area contributed by atoms with E-state index in [1.165, 1.54) is 4.90 Å². The molecule has 24 heavy (non-hydrogen) atoms. The zero-order valence-electron chi connectivity index (χ0n) is 14.3. The van der Waals surface area contributed by atoms with E-state index in [2.05, 4.69) is 10.6 Å². The molecule has 3 amide bonds. The van der Waals surface area contributed by atoms with Crippen molar-refractivity contribution in [3.63, 3.8) is 0 Å². The van der Waals surface area contributed by atoms with Crippen LogP contribution in [-0.2, 0) is 11.2 Å². The van der Waals surface area contributed by atoms with Gasteiger partial charge in [-0.25, -0.2) is 4.79 Å². The van der Waals surface area contributed by atoms with E-state index in [0.717, 1.165) is 23.2 Å². The third-order valence-corrected chi connectivity index (χ3v) is 3.67. The molecule has 0 aromatic heterocycles. The maximum atomic E-state index is 12.2. The number of amides is 3. The van der Waals surface area contributed by atoms with Gasteiger partial charge < -0.3 is 15.5 Å². The van der Waals surface area contributed by atoms with Crippen LogP contribution in [0.1, 0.15) is 18.1 Å². The minimum absolute atomic E-state index is 0.0182. The fourth-order valence-corrected chi connectivity index (χ4v) is 2.37. The van der Waals surface area contributed by atoms with Crippen LogP contribution >= 0.6 is 0 Å². The highest BCUT2D eigenvalue weighted by atomic mass is 16.2. The Bertz CT molecular complexity index is 728. The van der Waals surface area contributed by atoms with E-state index in [9.17, 15) is 9.59 Å². The Kier molecular flexibility index (Phi) is 5.95. The van der Waals surface area contributed by atoms with Crippen molar-refractivity contribution in [2.45, 2.75) is 20.3 Å². The second-order valence-corrected chi connectivity index (χ2v) is 5.71. The number of benzene rings is 2. The SMILES string of the molecule is CCc1ccccc1NC(=O)CN(C)C(=O)Nc1cccc(C)c1. The largest absolute Gasteiger partial charge is 0.324 e. The number of urea groups is 1. The Hall–Kier alpha value is -2.82. The minimum Gasteiger partial charge on any atom is -0.324 e. The average Bonchev–Trinajstić information content (AvgIpc) is 2.55. The second-order valence-electron chi connectivity index (χ2n) is 5.71. The summed E-state index contributed by atoms with van der Waals surface area (Å²) in [6.45, 7) is 3.97. The molecular weight excluding hydrogens is 302 g/mol. The monoisotopic (exact) mass is 325 g/mol. The van der Waals surface area contributed by atoms with Gasteiger partial charge >= 0.3 is 6.03 Å². The second kappa shape index (κ2) is 8.15. The maximum absolute atomic E-state index is 12.2. The number of carbonyl (C=O) groups excluding carboxylic acids is 2. The number of para-hydroxylation sites is 1. The molecule has 2 aromatic rings. The summed E-state index contributed by atoms with van der Waals surface area (Å²) in [4.78, 5) is 25.7. The van der Waals surface area contributed by atoms with E-state index in [-0.39, 0.29) is 18.5 Å². The third kappa shape index (κ3) is 4.84. The molecule has 0 saturated carbocycles. The molecule has 5 nitrogen and oxygen atoms in total. The molecule has 0 radical (unpaired) electrons. The predicted octanol–water partition coefficient (Wildman–Crippen LogP) is 3.66. The van der Waals surface area contributed by atoms with Gasteiger partial charge in [-0.1, -0.05) is 37.3 Å². The van der Waals surface area contributed by atoms with Crippen LogP contribution < -0.4 is 10.6 Å². The Morgan fingerprint density at radius 2 is 1.79 bits per heavy atom. The van der Waals surface area contributed by atoms with Gasteiger partial charge in [0.25, 0.3) is 0 Å². The molecule has 2 N–H and O–H groups in total. The third-order valence-electron chi connectivity index (χ3n) is 3.67. The normalized spacial score (nSPS) is 10.1. The maximum Gasteiger partial charge on any atom is 0.322 e. The molecule has 0 atom stereocenters. The summed E-state index contributed by atoms with van der Waals surface area (Å²) in [5.41, 5.74) is 3.63. The molecule has 0 bridgehead atoms. The van der Waals surface area contributed by atoms with Gasteiger partial charge in [0.1, 0.15) is 6.54 Å². The average molecular weight is 325 g/mol. The summed E-state index contributed by atoms with van der Waals surface area (Å²) in [7, 11) is 1.59. The predicted molar refractivity (Wildman–Crippen MR) is 97.3 cm³/mol. The molecule has 2 aromatic carbocycles. The molecule has 0 aliphatic rings. The first-order valence-corrected chi connectivity index (χ1v) is 7.96. The minimum atomic E-state index is -0.320. The lowest BCUT2D eigenvalue weighted by Gasteiger charge is -2.18. The first kappa shape index (κ1) is 17.5. The van der Waals surface area contributed by atoms with Crippen molar-refractivity contribution < 1.29 is 9.59 Å². The summed E-state index contributed by atoms with van der Waals surface area (Å²) in [6.07, 6.45) is 0.833. The van der Waals surface area contributed by atoms with Gasteiger partial charge in [0, 0.05) is 18.4 Å². The van der Waals surface area contributed by atoms with E-state index < -0.39 is 0 Å². The summed E-state index contributed by atoms with van der Waals surface area (Å²) in [5, 5.41) is 5.64. The summed E-state index contributed by atoms with van der Waals surface area (Å²) in [5.74, 6) is -0.224. The first-order valence-electron chi connectivity index (χ1n) is 7.96. The summed E-state index contributed by atoms with van der Waals surface area (Å²) < 4.78 is 0. The molecule has 126 valence electrons. The van der Waals surface area contributed by atoms with Gasteiger partial charge in [-0.15, -0.1) is 0 Å². The number of nitrogens with one attached hydrogen (secondary N) is 2. The number of aryl methyl sites for hydroxylation is 2. The van der Waals surface area contributed by atoms with E-state index in [4.69, 9.17) is 0 Å². The van der Waals surface area contributed by atoms with Gasteiger partial charge in [-0.05, 0) is 42.7 Å². The van der Waals surface area contributed by atoms with Gasteiger partial charge in [-0.2, -0.15) is 0 Å². The van der Waals surface area contributed by atoms with Crippen molar-refractivity contribution in [2.24, 2.45) is 0 Å². The number of likely N-dealkylation sites (N-methyl/N-ethyl adjacent to an activating group) is 1. The van der Waals surface area contributed by atoms with Crippen LogP contribution in [0.15, 0.2) is 48.5 Å². The van der Waals surface area contributed by atoms with Crippen LogP contribution in [0.5, 0.6) is 0 Å². The van der Waals surface area contributed by atoms with Crippen LogP contribution in [0, 0.1) is 6.92 Å². The Morgan fingerprint density at radius 1 is 1.04 bits per heavy atom. The lowest BCUT2D eigenvalue weighted by Crippen LogP contribution is -2.37. The number of rotatable bonds is 5. The van der Waals surface area contributed by atoms with E-state index >= 15 is 0 Å². The van der Waals surface area contributed by atoms with Crippen LogP contribution in [0.3, 0.4) is 0 Å². The number of nitrogens with zero attached hydrogens (tertiary/aromatic N) is 1. The van der Waals surface area contributed by atoms with Crippen molar-refractivity contribution in [3.8, 4) is 0 Å². The topological polar surface area (TPSA) is 61.4 Å². The van der Waals surface area contributed by atoms with Crippen molar-refractivity contribution in [1.29, 1.82) is 0 Å². The van der Waals surface area contributed by atoms with Crippen molar-refractivity contribution in [3.05, 3.63) is 59.7 Å². The van der Waals surface area contributed by atoms with Gasteiger partial charge in [-0.3, -0.25) is 4.79 Å². The molecule has 0 heterocycles. The number of hydrogen-bond acceptors (Lipinski definition) is 2. The molecule has 0 spiro atoms. The summed E-state index contributed by atoms with van der Waals surface area (Å²) >= 11 is 0. The van der Waals surface area contributed by atoms with Crippen molar-refractivity contribution in [2.75, 3.05) is 24.2 Å². The molecule has 0 aliphatic heterocycles. The molecule has 0 saturated heterocycles. The molecular formula is C19H23N3O2. The van der Waals surface area contributed by atoms with Gasteiger partial charge in [0.05, 0.1) is 0 Å². The molecule has 0 aliphatic carbocycles. The van der Waals surface area contributed by atoms with E-state index in [0.29, 0.717) is 5.69 Å². The van der Waals surface area contributed by atoms with Crippen molar-refractivity contribution in [1.82, 2.24) is 4.90 Å². The lowest BCUT2D eigenvalue weighted by molar-refractivity contribution is -0.116. The highest BCUT2D eigenvalue weighted by molar-refractivity contribution is 5.97. The fourth-order valence-electron chi connectivity index (χ4n) is 2.37. The number of carbonyl (C=O) groups is 2. The van der Waals surface area contributed by atoms with E-state index in [1.807, 2.05) is 62.4 Å². The Balaban J connectivity index is 1.92. The van der Waals surface area contributed by atoms with Crippen LogP contribution in [0.25, 0.3) is 0 Å². The standard InChI is InChI=1S/C19H23N3O2/c1-4-15-9-5-6-11-17(15)21-18(23)13-22(3)19(24)20-16-10-7-8-14(2)12-16/h5-12H,4,13H2,1-3H3,(H,20,24)(H,21,23). The number of anilines is 2. The number of hydrogen-bond donors (Lipinski definition) is 2. The smallest absolute Gasteiger partial charge is 0.322 e. The quantitative estimate of drug-likeness (QED) is 0.881. The highest BCUT2D eigenvalue weighted by Gasteiger charge is 2.14. The molecule has 5 heteroatoms.